The van der Waals surface area contributed by atoms with Crippen LogP contribution in [0, 0.1) is 0 Å². The lowest BCUT2D eigenvalue weighted by Crippen LogP contribution is -2.25. The second kappa shape index (κ2) is 7.47. The van der Waals surface area contributed by atoms with Crippen molar-refractivity contribution in [2.45, 2.75) is 26.7 Å². The fraction of sp³-hybridized carbons (Fsp3) is 0.300. The first kappa shape index (κ1) is 17.8. The number of imidazole rings is 1. The number of benzene rings is 2. The Hall–Kier alpha value is -3.02. The van der Waals surface area contributed by atoms with Crippen LogP contribution in [0.3, 0.4) is 0 Å². The molecular formula is C20H24N4O2. The number of aromatic nitrogens is 2. The van der Waals surface area contributed by atoms with E-state index in [0.29, 0.717) is 11.2 Å². The van der Waals surface area contributed by atoms with E-state index in [2.05, 4.69) is 34.0 Å². The van der Waals surface area contributed by atoms with Crippen molar-refractivity contribution in [3.8, 4) is 0 Å². The van der Waals surface area contributed by atoms with E-state index in [1.165, 1.54) is 0 Å². The molecule has 0 saturated heterocycles. The third-order valence-corrected chi connectivity index (χ3v) is 4.69. The van der Waals surface area contributed by atoms with Gasteiger partial charge < -0.3 is 20.2 Å². The van der Waals surface area contributed by atoms with Crippen LogP contribution in [-0.2, 0) is 4.79 Å². The summed E-state index contributed by atoms with van der Waals surface area (Å²) < 4.78 is 0. The Morgan fingerprint density at radius 3 is 2.31 bits per heavy atom. The van der Waals surface area contributed by atoms with Crippen molar-refractivity contribution in [1.82, 2.24) is 9.97 Å². The second-order valence-electron chi connectivity index (χ2n) is 6.29. The molecule has 0 aliphatic heterocycles. The molecule has 3 aromatic rings. The third-order valence-electron chi connectivity index (χ3n) is 4.69. The summed E-state index contributed by atoms with van der Waals surface area (Å²) in [5.41, 5.74) is 3.70. The zero-order valence-electron chi connectivity index (χ0n) is 15.3. The molecule has 136 valence electrons. The maximum absolute atomic E-state index is 12.8. The van der Waals surface area contributed by atoms with Crippen molar-refractivity contribution in [3.63, 3.8) is 0 Å². The molecule has 0 radical (unpaired) electrons. The minimum absolute atomic E-state index is 0.0816. The first-order valence-electron chi connectivity index (χ1n) is 8.90. The van der Waals surface area contributed by atoms with E-state index < -0.39 is 0 Å². The van der Waals surface area contributed by atoms with E-state index in [4.69, 9.17) is 0 Å². The van der Waals surface area contributed by atoms with Gasteiger partial charge in [-0.2, -0.15) is 0 Å². The van der Waals surface area contributed by atoms with Crippen molar-refractivity contribution in [2.24, 2.45) is 0 Å². The summed E-state index contributed by atoms with van der Waals surface area (Å²) in [5.74, 6) is -0.358. The van der Waals surface area contributed by atoms with Crippen molar-refractivity contribution >= 4 is 28.3 Å². The van der Waals surface area contributed by atoms with Gasteiger partial charge in [-0.1, -0.05) is 30.3 Å². The first-order chi connectivity index (χ1) is 12.5. The number of aromatic amines is 2. The van der Waals surface area contributed by atoms with E-state index >= 15 is 0 Å². The molecule has 3 N–H and O–H groups in total. The van der Waals surface area contributed by atoms with Crippen LogP contribution in [0.2, 0.25) is 0 Å². The molecule has 1 amide bonds. The molecule has 0 saturated carbocycles. The number of hydrogen-bond donors (Lipinski definition) is 3. The highest BCUT2D eigenvalue weighted by Gasteiger charge is 2.19. The largest absolute Gasteiger partial charge is 0.370 e. The Kier molecular flexibility index (Phi) is 5.11. The highest BCUT2D eigenvalue weighted by Crippen LogP contribution is 2.31. The number of fused-ring (bicyclic) bond motifs is 1. The fourth-order valence-electron chi connectivity index (χ4n) is 3.13. The van der Waals surface area contributed by atoms with Crippen LogP contribution in [0.5, 0.6) is 0 Å². The van der Waals surface area contributed by atoms with Gasteiger partial charge in [-0.3, -0.25) is 4.79 Å². The van der Waals surface area contributed by atoms with E-state index in [1.54, 1.807) is 0 Å². The highest BCUT2D eigenvalue weighted by molar-refractivity contribution is 6.01. The molecule has 0 aliphatic carbocycles. The smallest absolute Gasteiger partial charge is 0.323 e. The molecule has 6 nitrogen and oxygen atoms in total. The zero-order chi connectivity index (χ0) is 18.7. The topological polar surface area (TPSA) is 81.0 Å². The van der Waals surface area contributed by atoms with Crippen LogP contribution in [-0.4, -0.2) is 29.0 Å². The summed E-state index contributed by atoms with van der Waals surface area (Å²) in [5, 5.41) is 3.04. The molecule has 1 heterocycles. The van der Waals surface area contributed by atoms with Crippen LogP contribution in [0.4, 0.5) is 11.4 Å². The number of nitrogens with one attached hydrogen (secondary N) is 3. The number of carbonyl (C=O) groups is 1. The number of amides is 1. The standard InChI is InChI=1S/C20H24N4O2/c1-4-24(5-2)18-12-16-15(22-20(26)23-16)11-17(18)21-19(25)13(3)14-9-7-6-8-10-14/h6-13H,4-5H2,1-3H3,(H,21,25)(H2,22,23,26)/t13-/m0/s1. The SMILES string of the molecule is CCN(CC)c1cc2[nH]c(=O)[nH]c2cc1NC(=O)[C@@H](C)c1ccccc1. The molecule has 1 atom stereocenters. The Labute approximate surface area is 152 Å². The number of rotatable bonds is 6. The summed E-state index contributed by atoms with van der Waals surface area (Å²) in [6, 6.07) is 13.4. The normalized spacial score (nSPS) is 12.1. The number of hydrogen-bond acceptors (Lipinski definition) is 3. The summed E-state index contributed by atoms with van der Waals surface area (Å²) >= 11 is 0. The van der Waals surface area contributed by atoms with Crippen LogP contribution >= 0.6 is 0 Å². The van der Waals surface area contributed by atoms with Gasteiger partial charge in [0.2, 0.25) is 5.91 Å². The van der Waals surface area contributed by atoms with Crippen LogP contribution < -0.4 is 15.9 Å². The molecule has 3 rings (SSSR count). The van der Waals surface area contributed by atoms with E-state index in [0.717, 1.165) is 29.9 Å². The van der Waals surface area contributed by atoms with Gasteiger partial charge in [-0.05, 0) is 38.5 Å². The van der Waals surface area contributed by atoms with Crippen molar-refractivity contribution in [1.29, 1.82) is 0 Å². The lowest BCUT2D eigenvalue weighted by atomic mass is 10.0. The van der Waals surface area contributed by atoms with E-state index in [-0.39, 0.29) is 17.5 Å². The molecular weight excluding hydrogens is 328 g/mol. The minimum atomic E-state index is -0.276. The molecule has 0 fully saturated rings. The molecule has 0 aliphatic rings. The minimum Gasteiger partial charge on any atom is -0.370 e. The summed E-state index contributed by atoms with van der Waals surface area (Å²) in [4.78, 5) is 32.1. The quantitative estimate of drug-likeness (QED) is 0.636. The van der Waals surface area contributed by atoms with Gasteiger partial charge in [0, 0.05) is 13.1 Å². The Balaban J connectivity index is 1.98. The van der Waals surface area contributed by atoms with Crippen LogP contribution in [0.15, 0.2) is 47.3 Å². The summed E-state index contributed by atoms with van der Waals surface area (Å²) in [6.45, 7) is 7.61. The molecule has 0 bridgehead atoms. The van der Waals surface area contributed by atoms with Gasteiger partial charge in [0.05, 0.1) is 28.3 Å². The average molecular weight is 352 g/mol. The third kappa shape index (κ3) is 3.49. The number of nitrogens with zero attached hydrogens (tertiary/aromatic N) is 1. The van der Waals surface area contributed by atoms with Gasteiger partial charge in [0.1, 0.15) is 0 Å². The maximum Gasteiger partial charge on any atom is 0.323 e. The Bertz CT molecular complexity index is 955. The van der Waals surface area contributed by atoms with Crippen molar-refractivity contribution in [2.75, 3.05) is 23.3 Å². The average Bonchev–Trinajstić information content (AvgIpc) is 3.01. The second-order valence-corrected chi connectivity index (χ2v) is 6.29. The van der Waals surface area contributed by atoms with Crippen molar-refractivity contribution < 1.29 is 4.79 Å². The van der Waals surface area contributed by atoms with Crippen molar-refractivity contribution in [3.05, 3.63) is 58.5 Å². The molecule has 26 heavy (non-hydrogen) atoms. The van der Waals surface area contributed by atoms with E-state index in [9.17, 15) is 9.59 Å². The fourth-order valence-corrected chi connectivity index (χ4v) is 3.13. The molecule has 2 aromatic carbocycles. The summed E-state index contributed by atoms with van der Waals surface area (Å²) in [6.07, 6.45) is 0. The molecule has 0 spiro atoms. The highest BCUT2D eigenvalue weighted by atomic mass is 16.2. The van der Waals surface area contributed by atoms with Gasteiger partial charge in [0.15, 0.2) is 0 Å². The molecule has 6 heteroatoms. The first-order valence-corrected chi connectivity index (χ1v) is 8.90. The van der Waals surface area contributed by atoms with Crippen LogP contribution in [0.1, 0.15) is 32.3 Å². The Morgan fingerprint density at radius 2 is 1.69 bits per heavy atom. The predicted octanol–water partition coefficient (Wildman–Crippen LogP) is 3.44. The van der Waals surface area contributed by atoms with Crippen LogP contribution in [0.25, 0.3) is 11.0 Å². The zero-order valence-corrected chi connectivity index (χ0v) is 15.3. The van der Waals surface area contributed by atoms with Gasteiger partial charge in [-0.25, -0.2) is 4.79 Å². The monoisotopic (exact) mass is 352 g/mol. The molecule has 0 unspecified atom stereocenters. The maximum atomic E-state index is 12.8. The lowest BCUT2D eigenvalue weighted by Gasteiger charge is -2.25. The lowest BCUT2D eigenvalue weighted by molar-refractivity contribution is -0.117. The van der Waals surface area contributed by atoms with Gasteiger partial charge >= 0.3 is 5.69 Å². The van der Waals surface area contributed by atoms with Gasteiger partial charge in [0.25, 0.3) is 0 Å². The summed E-state index contributed by atoms with van der Waals surface area (Å²) in [7, 11) is 0. The molecule has 1 aromatic heterocycles. The predicted molar refractivity (Wildman–Crippen MR) is 106 cm³/mol. The Morgan fingerprint density at radius 1 is 1.08 bits per heavy atom. The van der Waals surface area contributed by atoms with E-state index in [1.807, 2.05) is 49.4 Å². The number of carbonyl (C=O) groups excluding carboxylic acids is 1. The van der Waals surface area contributed by atoms with Gasteiger partial charge in [-0.15, -0.1) is 0 Å². The number of anilines is 2. The number of H-pyrrole nitrogens is 2.